The minimum atomic E-state index is -3.49. The molecule has 20 heavy (non-hydrogen) atoms. The molecule has 3 unspecified atom stereocenters. The maximum absolute atomic E-state index is 12.4. The number of nitrogens with two attached hydrogens (primary N) is 1. The standard InChI is InChI=1S/C15H24N2O2S/c1-10-5-4-6-15(12(10)3)17-20(18,19)13-8-7-11(2)14(16)9-13/h7-10,12,15,17H,4-6,16H2,1-3H3. The van der Waals surface area contributed by atoms with Crippen molar-refractivity contribution in [3.63, 3.8) is 0 Å². The van der Waals surface area contributed by atoms with Crippen LogP contribution in [0, 0.1) is 18.8 Å². The highest BCUT2D eigenvalue weighted by Crippen LogP contribution is 2.30. The van der Waals surface area contributed by atoms with Crippen LogP contribution in [0.3, 0.4) is 0 Å². The van der Waals surface area contributed by atoms with Crippen molar-refractivity contribution in [3.05, 3.63) is 23.8 Å². The second kappa shape index (κ2) is 5.74. The molecule has 4 nitrogen and oxygen atoms in total. The van der Waals surface area contributed by atoms with Crippen LogP contribution in [-0.4, -0.2) is 14.5 Å². The summed E-state index contributed by atoms with van der Waals surface area (Å²) in [5.74, 6) is 0.917. The Kier molecular flexibility index (Phi) is 4.39. The van der Waals surface area contributed by atoms with E-state index in [1.165, 1.54) is 12.5 Å². The van der Waals surface area contributed by atoms with Gasteiger partial charge in [0.2, 0.25) is 10.0 Å². The molecule has 1 fully saturated rings. The Morgan fingerprint density at radius 2 is 1.95 bits per heavy atom. The number of rotatable bonds is 3. The summed E-state index contributed by atoms with van der Waals surface area (Å²) in [6.07, 6.45) is 3.16. The van der Waals surface area contributed by atoms with Gasteiger partial charge in [-0.1, -0.05) is 32.8 Å². The zero-order valence-corrected chi connectivity index (χ0v) is 13.2. The third-order valence-electron chi connectivity index (χ3n) is 4.57. The number of aryl methyl sites for hydroxylation is 1. The minimum absolute atomic E-state index is 0.0197. The molecule has 1 aromatic carbocycles. The van der Waals surface area contributed by atoms with Crippen molar-refractivity contribution < 1.29 is 8.42 Å². The van der Waals surface area contributed by atoms with Crippen LogP contribution in [0.2, 0.25) is 0 Å². The normalized spacial score (nSPS) is 27.4. The SMILES string of the molecule is Cc1ccc(S(=O)(=O)NC2CCCC(C)C2C)cc1N. The van der Waals surface area contributed by atoms with Crippen LogP contribution in [0.15, 0.2) is 23.1 Å². The van der Waals surface area contributed by atoms with Gasteiger partial charge in [0.1, 0.15) is 0 Å². The molecule has 0 heterocycles. The predicted molar refractivity (Wildman–Crippen MR) is 81.9 cm³/mol. The third-order valence-corrected chi connectivity index (χ3v) is 6.06. The van der Waals surface area contributed by atoms with E-state index in [0.29, 0.717) is 17.5 Å². The predicted octanol–water partition coefficient (Wildman–Crippen LogP) is 2.68. The molecule has 1 aliphatic rings. The highest BCUT2D eigenvalue weighted by atomic mass is 32.2. The molecule has 0 aromatic heterocycles. The second-order valence-corrected chi connectivity index (χ2v) is 7.73. The summed E-state index contributed by atoms with van der Waals surface area (Å²) in [7, 11) is -3.49. The van der Waals surface area contributed by atoms with Crippen molar-refractivity contribution in [1.29, 1.82) is 0 Å². The highest BCUT2D eigenvalue weighted by Gasteiger charge is 2.30. The lowest BCUT2D eigenvalue weighted by molar-refractivity contribution is 0.227. The van der Waals surface area contributed by atoms with Crippen molar-refractivity contribution in [1.82, 2.24) is 4.72 Å². The van der Waals surface area contributed by atoms with Crippen molar-refractivity contribution >= 4 is 15.7 Å². The molecular formula is C15H24N2O2S. The molecule has 1 aliphatic carbocycles. The molecule has 0 amide bonds. The number of hydrogen-bond donors (Lipinski definition) is 2. The Hall–Kier alpha value is -1.07. The van der Waals surface area contributed by atoms with Gasteiger partial charge in [-0.05, 0) is 42.9 Å². The molecule has 0 saturated heterocycles. The maximum atomic E-state index is 12.4. The van der Waals surface area contributed by atoms with Crippen molar-refractivity contribution in [2.24, 2.45) is 11.8 Å². The van der Waals surface area contributed by atoms with Crippen LogP contribution in [0.4, 0.5) is 5.69 Å². The first-order valence-electron chi connectivity index (χ1n) is 7.19. The maximum Gasteiger partial charge on any atom is 0.240 e. The van der Waals surface area contributed by atoms with Gasteiger partial charge in [-0.15, -0.1) is 0 Å². The molecule has 3 atom stereocenters. The fourth-order valence-electron chi connectivity index (χ4n) is 2.80. The Labute approximate surface area is 121 Å². The van der Waals surface area contributed by atoms with E-state index in [-0.39, 0.29) is 10.9 Å². The lowest BCUT2D eigenvalue weighted by Crippen LogP contribution is -2.43. The second-order valence-electron chi connectivity index (χ2n) is 6.01. The van der Waals surface area contributed by atoms with E-state index in [1.807, 2.05) is 6.92 Å². The van der Waals surface area contributed by atoms with E-state index in [4.69, 9.17) is 5.73 Å². The van der Waals surface area contributed by atoms with Gasteiger partial charge in [-0.25, -0.2) is 13.1 Å². The van der Waals surface area contributed by atoms with Crippen molar-refractivity contribution in [3.8, 4) is 0 Å². The smallest absolute Gasteiger partial charge is 0.240 e. The quantitative estimate of drug-likeness (QED) is 0.842. The van der Waals surface area contributed by atoms with Crippen LogP contribution >= 0.6 is 0 Å². The highest BCUT2D eigenvalue weighted by molar-refractivity contribution is 7.89. The summed E-state index contributed by atoms with van der Waals surface area (Å²) in [5, 5.41) is 0. The summed E-state index contributed by atoms with van der Waals surface area (Å²) < 4.78 is 27.8. The first-order valence-corrected chi connectivity index (χ1v) is 8.68. The molecule has 1 aromatic rings. The average molecular weight is 296 g/mol. The van der Waals surface area contributed by atoms with Gasteiger partial charge < -0.3 is 5.73 Å². The number of nitrogen functional groups attached to an aromatic ring is 1. The molecule has 0 radical (unpaired) electrons. The topological polar surface area (TPSA) is 72.2 Å². The number of anilines is 1. The van der Waals surface area contributed by atoms with Gasteiger partial charge >= 0.3 is 0 Å². The number of sulfonamides is 1. The third kappa shape index (κ3) is 3.15. The summed E-state index contributed by atoms with van der Waals surface area (Å²) in [6.45, 7) is 6.18. The zero-order chi connectivity index (χ0) is 14.9. The van der Waals surface area contributed by atoms with Crippen LogP contribution in [0.25, 0.3) is 0 Å². The fraction of sp³-hybridized carbons (Fsp3) is 0.600. The summed E-state index contributed by atoms with van der Waals surface area (Å²) >= 11 is 0. The van der Waals surface area contributed by atoms with Crippen molar-refractivity contribution in [2.45, 2.75) is 51.0 Å². The Morgan fingerprint density at radius 3 is 2.60 bits per heavy atom. The van der Waals surface area contributed by atoms with Gasteiger partial charge in [0.15, 0.2) is 0 Å². The largest absolute Gasteiger partial charge is 0.398 e. The molecule has 0 bridgehead atoms. The van der Waals surface area contributed by atoms with Gasteiger partial charge in [-0.2, -0.15) is 0 Å². The number of nitrogens with one attached hydrogen (secondary N) is 1. The molecular weight excluding hydrogens is 272 g/mol. The van der Waals surface area contributed by atoms with Crippen LogP contribution in [0.5, 0.6) is 0 Å². The van der Waals surface area contributed by atoms with Crippen LogP contribution in [-0.2, 0) is 10.0 Å². The van der Waals surface area contributed by atoms with Gasteiger partial charge in [0.05, 0.1) is 4.90 Å². The number of hydrogen-bond acceptors (Lipinski definition) is 3. The lowest BCUT2D eigenvalue weighted by atomic mass is 9.78. The molecule has 112 valence electrons. The van der Waals surface area contributed by atoms with Gasteiger partial charge in [0, 0.05) is 11.7 Å². The van der Waals surface area contributed by atoms with E-state index >= 15 is 0 Å². The van der Waals surface area contributed by atoms with Gasteiger partial charge in [0.25, 0.3) is 0 Å². The first-order chi connectivity index (χ1) is 9.31. The molecule has 0 spiro atoms. The van der Waals surface area contributed by atoms with Crippen LogP contribution in [0.1, 0.15) is 38.7 Å². The first kappa shape index (κ1) is 15.3. The monoisotopic (exact) mass is 296 g/mol. The molecule has 5 heteroatoms. The molecule has 1 saturated carbocycles. The fourth-order valence-corrected chi connectivity index (χ4v) is 4.20. The zero-order valence-electron chi connectivity index (χ0n) is 12.4. The average Bonchev–Trinajstić information content (AvgIpc) is 2.38. The number of benzene rings is 1. The minimum Gasteiger partial charge on any atom is -0.398 e. The summed E-state index contributed by atoms with van der Waals surface area (Å²) in [6, 6.07) is 4.92. The van der Waals surface area contributed by atoms with E-state index in [2.05, 4.69) is 18.6 Å². The molecule has 0 aliphatic heterocycles. The Balaban J connectivity index is 2.20. The summed E-state index contributed by atoms with van der Waals surface area (Å²) in [4.78, 5) is 0.256. The molecule has 2 rings (SSSR count). The Morgan fingerprint density at radius 1 is 1.25 bits per heavy atom. The molecule has 3 N–H and O–H groups in total. The van der Waals surface area contributed by atoms with Crippen molar-refractivity contribution in [2.75, 3.05) is 5.73 Å². The van der Waals surface area contributed by atoms with E-state index in [0.717, 1.165) is 18.4 Å². The van der Waals surface area contributed by atoms with E-state index in [9.17, 15) is 8.42 Å². The van der Waals surface area contributed by atoms with E-state index in [1.54, 1.807) is 12.1 Å². The van der Waals surface area contributed by atoms with Gasteiger partial charge in [-0.3, -0.25) is 0 Å². The Bertz CT molecular complexity index is 584. The summed E-state index contributed by atoms with van der Waals surface area (Å²) in [5.41, 5.74) is 7.21. The van der Waals surface area contributed by atoms with Crippen LogP contribution < -0.4 is 10.5 Å². The van der Waals surface area contributed by atoms with E-state index < -0.39 is 10.0 Å². The lowest BCUT2D eigenvalue weighted by Gasteiger charge is -2.34.